The second kappa shape index (κ2) is 9.24. The first-order chi connectivity index (χ1) is 15.7. The van der Waals surface area contributed by atoms with E-state index in [-0.39, 0.29) is 28.1 Å². The van der Waals surface area contributed by atoms with Gasteiger partial charge in [-0.3, -0.25) is 9.59 Å². The molecule has 0 aliphatic carbocycles. The zero-order valence-electron chi connectivity index (χ0n) is 17.9. The summed E-state index contributed by atoms with van der Waals surface area (Å²) in [7, 11) is -3.76. The predicted molar refractivity (Wildman–Crippen MR) is 124 cm³/mol. The van der Waals surface area contributed by atoms with Crippen LogP contribution in [0.15, 0.2) is 52.2 Å². The molecule has 2 aromatic carbocycles. The Morgan fingerprint density at radius 3 is 2.73 bits per heavy atom. The number of hydrogen-bond donors (Lipinski definition) is 2. The van der Waals surface area contributed by atoms with E-state index < -0.39 is 27.3 Å². The van der Waals surface area contributed by atoms with Crippen molar-refractivity contribution in [3.05, 3.63) is 74.8 Å². The number of amides is 1. The van der Waals surface area contributed by atoms with Gasteiger partial charge in [-0.2, -0.15) is 4.31 Å². The summed E-state index contributed by atoms with van der Waals surface area (Å²) in [6.45, 7) is 2.34. The molecule has 7 nitrogen and oxygen atoms in total. The minimum Gasteiger partial charge on any atom is -0.348 e. The summed E-state index contributed by atoms with van der Waals surface area (Å²) < 4.78 is 41.3. The molecule has 0 spiro atoms. The number of hydrogen-bond acceptors (Lipinski definition) is 4. The molecule has 2 N–H and O–H groups in total. The number of fused-ring (bicyclic) bond motifs is 1. The van der Waals surface area contributed by atoms with Crippen molar-refractivity contribution in [2.45, 2.75) is 43.7 Å². The molecule has 33 heavy (non-hydrogen) atoms. The Morgan fingerprint density at radius 2 is 2.00 bits per heavy atom. The van der Waals surface area contributed by atoms with Gasteiger partial charge in [-0.25, -0.2) is 12.8 Å². The van der Waals surface area contributed by atoms with Crippen LogP contribution < -0.4 is 10.9 Å². The van der Waals surface area contributed by atoms with Crippen LogP contribution in [0.3, 0.4) is 0 Å². The number of benzene rings is 2. The summed E-state index contributed by atoms with van der Waals surface area (Å²) in [5.41, 5.74) is 0.393. The maximum absolute atomic E-state index is 13.3. The van der Waals surface area contributed by atoms with E-state index in [4.69, 9.17) is 11.6 Å². The van der Waals surface area contributed by atoms with Gasteiger partial charge in [0.05, 0.1) is 10.5 Å². The molecule has 1 fully saturated rings. The highest BCUT2D eigenvalue weighted by Crippen LogP contribution is 2.28. The fraction of sp³-hybridized carbons (Fsp3) is 0.304. The number of aromatic nitrogens is 1. The van der Waals surface area contributed by atoms with Crippen LogP contribution in [-0.2, 0) is 16.6 Å². The predicted octanol–water partition coefficient (Wildman–Crippen LogP) is 3.81. The molecule has 0 radical (unpaired) electrons. The van der Waals surface area contributed by atoms with E-state index in [1.54, 1.807) is 0 Å². The van der Waals surface area contributed by atoms with E-state index in [1.165, 1.54) is 34.6 Å². The largest absolute Gasteiger partial charge is 0.348 e. The SMILES string of the molecule is CC1CCCCN1S(=O)(=O)c1ccc2[nH]c(=O)cc(C(=O)NCc3ccc(F)cc3Cl)c2c1. The van der Waals surface area contributed by atoms with E-state index in [1.807, 2.05) is 6.92 Å². The molecule has 1 atom stereocenters. The van der Waals surface area contributed by atoms with Gasteiger partial charge in [0.1, 0.15) is 5.82 Å². The van der Waals surface area contributed by atoms with Crippen LogP contribution in [0.5, 0.6) is 0 Å². The van der Waals surface area contributed by atoms with Crippen LogP contribution in [0.25, 0.3) is 10.9 Å². The molecule has 3 aromatic rings. The number of carbonyl (C=O) groups excluding carboxylic acids is 1. The lowest BCUT2D eigenvalue weighted by atomic mass is 10.1. The van der Waals surface area contributed by atoms with Gasteiger partial charge in [0.15, 0.2) is 0 Å². The third-order valence-electron chi connectivity index (χ3n) is 5.86. The van der Waals surface area contributed by atoms with E-state index >= 15 is 0 Å². The van der Waals surface area contributed by atoms with Crippen LogP contribution in [0, 0.1) is 5.82 Å². The molecular formula is C23H23ClFN3O4S. The van der Waals surface area contributed by atoms with Crippen LogP contribution >= 0.6 is 11.6 Å². The molecule has 10 heteroatoms. The first-order valence-electron chi connectivity index (χ1n) is 10.6. The Hall–Kier alpha value is -2.75. The molecule has 174 valence electrons. The molecular weight excluding hydrogens is 469 g/mol. The summed E-state index contributed by atoms with van der Waals surface area (Å²) in [4.78, 5) is 27.8. The zero-order valence-corrected chi connectivity index (χ0v) is 19.5. The summed E-state index contributed by atoms with van der Waals surface area (Å²) in [6, 6.07) is 9.20. The lowest BCUT2D eigenvalue weighted by Crippen LogP contribution is -2.41. The molecule has 1 aliphatic rings. The molecule has 1 aromatic heterocycles. The van der Waals surface area contributed by atoms with Gasteiger partial charge in [-0.15, -0.1) is 0 Å². The van der Waals surface area contributed by atoms with Crippen molar-refractivity contribution >= 4 is 38.4 Å². The van der Waals surface area contributed by atoms with Crippen molar-refractivity contribution in [1.29, 1.82) is 0 Å². The standard InChI is InChI=1S/C23H23ClFN3O4S/c1-14-4-2-3-9-28(14)33(31,32)17-7-8-21-18(11-17)19(12-22(29)27-21)23(30)26-13-15-5-6-16(25)10-20(15)24/h5-8,10-12,14H,2-4,9,13H2,1H3,(H,26,30)(H,27,29). The van der Waals surface area contributed by atoms with E-state index in [2.05, 4.69) is 10.3 Å². The number of halogens is 2. The Labute approximate surface area is 195 Å². The highest BCUT2D eigenvalue weighted by atomic mass is 35.5. The lowest BCUT2D eigenvalue weighted by Gasteiger charge is -2.32. The first-order valence-corrected chi connectivity index (χ1v) is 12.4. The number of rotatable bonds is 5. The quantitative estimate of drug-likeness (QED) is 0.566. The van der Waals surface area contributed by atoms with Gasteiger partial charge >= 0.3 is 0 Å². The number of nitrogens with one attached hydrogen (secondary N) is 2. The maximum Gasteiger partial charge on any atom is 0.252 e. The van der Waals surface area contributed by atoms with Gasteiger partial charge in [0, 0.05) is 41.1 Å². The van der Waals surface area contributed by atoms with E-state index in [0.29, 0.717) is 23.0 Å². The van der Waals surface area contributed by atoms with Crippen molar-refractivity contribution < 1.29 is 17.6 Å². The van der Waals surface area contributed by atoms with Gasteiger partial charge in [0.2, 0.25) is 15.6 Å². The van der Waals surface area contributed by atoms with Crippen LogP contribution in [0.2, 0.25) is 5.02 Å². The summed E-state index contributed by atoms with van der Waals surface area (Å²) in [5, 5.41) is 3.14. The fourth-order valence-corrected chi connectivity index (χ4v) is 6.04. The van der Waals surface area contributed by atoms with Crippen molar-refractivity contribution in [2.75, 3.05) is 6.54 Å². The van der Waals surface area contributed by atoms with Crippen molar-refractivity contribution in [1.82, 2.24) is 14.6 Å². The molecule has 1 saturated heterocycles. The zero-order chi connectivity index (χ0) is 23.8. The molecule has 0 bridgehead atoms. The van der Waals surface area contributed by atoms with Crippen molar-refractivity contribution in [3.63, 3.8) is 0 Å². The summed E-state index contributed by atoms with van der Waals surface area (Å²) >= 11 is 6.02. The van der Waals surface area contributed by atoms with Crippen LogP contribution in [0.1, 0.15) is 42.1 Å². The topological polar surface area (TPSA) is 99.3 Å². The number of aromatic amines is 1. The number of pyridine rings is 1. The number of sulfonamides is 1. The van der Waals surface area contributed by atoms with Gasteiger partial charge in [-0.1, -0.05) is 24.1 Å². The van der Waals surface area contributed by atoms with Crippen molar-refractivity contribution in [3.8, 4) is 0 Å². The van der Waals surface area contributed by atoms with E-state index in [0.717, 1.165) is 31.4 Å². The second-order valence-electron chi connectivity index (χ2n) is 8.13. The Morgan fingerprint density at radius 1 is 1.21 bits per heavy atom. The van der Waals surface area contributed by atoms with Crippen LogP contribution in [0.4, 0.5) is 4.39 Å². The van der Waals surface area contributed by atoms with Crippen molar-refractivity contribution in [2.24, 2.45) is 0 Å². The minimum absolute atomic E-state index is 0.00945. The van der Waals surface area contributed by atoms with Gasteiger partial charge in [0.25, 0.3) is 5.91 Å². The highest BCUT2D eigenvalue weighted by molar-refractivity contribution is 7.89. The molecule has 1 aliphatic heterocycles. The lowest BCUT2D eigenvalue weighted by molar-refractivity contribution is 0.0952. The summed E-state index contributed by atoms with van der Waals surface area (Å²) in [6.07, 6.45) is 2.57. The number of carbonyl (C=O) groups is 1. The van der Waals surface area contributed by atoms with Gasteiger partial charge < -0.3 is 10.3 Å². The average molecular weight is 492 g/mol. The van der Waals surface area contributed by atoms with Gasteiger partial charge in [-0.05, 0) is 55.7 Å². The molecule has 1 unspecified atom stereocenters. The average Bonchev–Trinajstić information content (AvgIpc) is 2.77. The normalized spacial score (nSPS) is 17.2. The van der Waals surface area contributed by atoms with Crippen LogP contribution in [-0.4, -0.2) is 36.2 Å². The second-order valence-corrected chi connectivity index (χ2v) is 10.4. The third kappa shape index (κ3) is 4.80. The number of piperidine rings is 1. The maximum atomic E-state index is 13.3. The fourth-order valence-electron chi connectivity index (χ4n) is 4.08. The molecule has 4 rings (SSSR count). The Kier molecular flexibility index (Phi) is 6.56. The Bertz CT molecular complexity index is 1390. The molecule has 1 amide bonds. The molecule has 0 saturated carbocycles. The smallest absolute Gasteiger partial charge is 0.252 e. The van der Waals surface area contributed by atoms with E-state index in [9.17, 15) is 22.4 Å². The first kappa shape index (κ1) is 23.4. The monoisotopic (exact) mass is 491 g/mol. The minimum atomic E-state index is -3.76. The molecule has 2 heterocycles. The summed E-state index contributed by atoms with van der Waals surface area (Å²) in [5.74, 6) is -1.07. The Balaban J connectivity index is 1.69. The third-order valence-corrected chi connectivity index (χ3v) is 8.22. The number of H-pyrrole nitrogens is 1. The number of nitrogens with zero attached hydrogens (tertiary/aromatic N) is 1. The highest BCUT2D eigenvalue weighted by Gasteiger charge is 2.31.